The summed E-state index contributed by atoms with van der Waals surface area (Å²) in [5.41, 5.74) is 0. The Balaban J connectivity index is 1.63. The van der Waals surface area contributed by atoms with Crippen LogP contribution in [0.5, 0.6) is 0 Å². The number of epoxide rings is 1. The summed E-state index contributed by atoms with van der Waals surface area (Å²) in [6.07, 6.45) is 18.3. The van der Waals surface area contributed by atoms with E-state index in [1.807, 2.05) is 0 Å². The summed E-state index contributed by atoms with van der Waals surface area (Å²) in [6, 6.07) is -1.01. The maximum absolute atomic E-state index is 13.0. The average Bonchev–Trinajstić information content (AvgIpc) is 4.03. The zero-order valence-corrected chi connectivity index (χ0v) is 34.8. The van der Waals surface area contributed by atoms with E-state index in [1.165, 1.54) is 51.4 Å². The molecule has 2 aliphatic rings. The Morgan fingerprint density at radius 2 is 1.20 bits per heavy atom. The molecule has 0 spiro atoms. The first kappa shape index (κ1) is 50.7. The summed E-state index contributed by atoms with van der Waals surface area (Å²) < 4.78 is 16.3. The average molecular weight is 803 g/mol. The van der Waals surface area contributed by atoms with Crippen molar-refractivity contribution in [2.45, 2.75) is 235 Å². The lowest BCUT2D eigenvalue weighted by Crippen LogP contribution is -2.60. The smallest absolute Gasteiger partial charge is 0.220 e. The Morgan fingerprint density at radius 3 is 1.77 bits per heavy atom. The Kier molecular flexibility index (Phi) is 29.4. The molecule has 0 saturated carbocycles. The molecule has 330 valence electrons. The summed E-state index contributed by atoms with van der Waals surface area (Å²) in [5.74, 6) is -0.143. The van der Waals surface area contributed by atoms with E-state index in [2.05, 4.69) is 17.6 Å². The first-order chi connectivity index (χ1) is 27.2. The fraction of sp³-hybridized carbons (Fsp3) is 0.953. The number of nitrogens with one attached hydrogen (secondary N) is 2. The van der Waals surface area contributed by atoms with Crippen molar-refractivity contribution in [3.63, 3.8) is 0 Å². The number of rotatable bonds is 37. The van der Waals surface area contributed by atoms with E-state index in [9.17, 15) is 40.2 Å². The van der Waals surface area contributed by atoms with Gasteiger partial charge in [0.25, 0.3) is 0 Å². The number of hydrogen-bond donors (Lipinski definition) is 8. The van der Waals surface area contributed by atoms with Crippen LogP contribution in [-0.4, -0.2) is 124 Å². The van der Waals surface area contributed by atoms with Gasteiger partial charge in [0.15, 0.2) is 6.29 Å². The molecule has 0 radical (unpaired) electrons. The molecule has 0 aromatic rings. The molecule has 13 nitrogen and oxygen atoms in total. The third-order valence-electron chi connectivity index (χ3n) is 11.3. The molecule has 2 saturated heterocycles. The minimum Gasteiger partial charge on any atom is -0.394 e. The number of aliphatic hydroxyl groups is 6. The number of carbonyl (C=O) groups is 2. The molecule has 13 heteroatoms. The normalized spacial score (nSPS) is 23.8. The fourth-order valence-electron chi connectivity index (χ4n) is 7.40. The molecule has 2 amide bonds. The van der Waals surface area contributed by atoms with Gasteiger partial charge in [-0.15, -0.1) is 0 Å². The monoisotopic (exact) mass is 803 g/mol. The quantitative estimate of drug-likeness (QED) is 0.0307. The number of carbonyl (C=O) groups excluding carboxylic acids is 2. The van der Waals surface area contributed by atoms with Crippen molar-refractivity contribution in [3.8, 4) is 0 Å². The maximum Gasteiger partial charge on any atom is 0.220 e. The molecule has 0 aromatic heterocycles. The van der Waals surface area contributed by atoms with Gasteiger partial charge in [-0.3, -0.25) is 9.59 Å². The van der Waals surface area contributed by atoms with E-state index in [0.29, 0.717) is 25.4 Å². The minimum atomic E-state index is -1.62. The van der Waals surface area contributed by atoms with Gasteiger partial charge < -0.3 is 55.5 Å². The highest BCUT2D eigenvalue weighted by atomic mass is 16.7. The highest BCUT2D eigenvalue weighted by Crippen LogP contribution is 2.23. The number of unbranched alkanes of at least 4 members (excludes halogenated alkanes) is 20. The Morgan fingerprint density at radius 1 is 0.679 bits per heavy atom. The Labute approximate surface area is 338 Å². The summed E-state index contributed by atoms with van der Waals surface area (Å²) in [4.78, 5) is 24.9. The summed E-state index contributed by atoms with van der Waals surface area (Å²) in [5, 5.41) is 68.1. The van der Waals surface area contributed by atoms with Gasteiger partial charge in [-0.1, -0.05) is 135 Å². The summed E-state index contributed by atoms with van der Waals surface area (Å²) >= 11 is 0. The predicted octanol–water partition coefficient (Wildman–Crippen LogP) is 5.08. The highest BCUT2D eigenvalue weighted by molar-refractivity contribution is 5.76. The van der Waals surface area contributed by atoms with Crippen molar-refractivity contribution in [1.29, 1.82) is 0 Å². The fourth-order valence-corrected chi connectivity index (χ4v) is 7.40. The number of aliphatic hydroxyl groups excluding tert-OH is 6. The molecule has 8 N–H and O–H groups in total. The van der Waals surface area contributed by atoms with Crippen molar-refractivity contribution in [1.82, 2.24) is 10.6 Å². The molecular formula is C43H82N2O11. The molecule has 4 unspecified atom stereocenters. The molecule has 2 fully saturated rings. The number of ether oxygens (including phenoxy) is 3. The van der Waals surface area contributed by atoms with Crippen LogP contribution in [-0.2, 0) is 23.8 Å². The van der Waals surface area contributed by atoms with Crippen LogP contribution in [0.25, 0.3) is 0 Å². The zero-order valence-electron chi connectivity index (χ0n) is 34.8. The van der Waals surface area contributed by atoms with Gasteiger partial charge >= 0.3 is 0 Å². The third-order valence-corrected chi connectivity index (χ3v) is 11.3. The van der Waals surface area contributed by atoms with Gasteiger partial charge in [0, 0.05) is 19.4 Å². The SMILES string of the molecule is CCCCCCCCCCCCCCC(O)C(O)C(CO[C@H]1O[C@H](CO)[C@H](O)[C@H](O)[C@H]1O)NC(=O)CCCCCCCCCCCNC(=O)CCCCC1CO1. The molecule has 0 aliphatic carbocycles. The first-order valence-corrected chi connectivity index (χ1v) is 22.6. The van der Waals surface area contributed by atoms with Crippen molar-refractivity contribution >= 4 is 11.8 Å². The molecule has 56 heavy (non-hydrogen) atoms. The van der Waals surface area contributed by atoms with Crippen molar-refractivity contribution in [3.05, 3.63) is 0 Å². The van der Waals surface area contributed by atoms with E-state index in [4.69, 9.17) is 14.2 Å². The van der Waals surface area contributed by atoms with Crippen molar-refractivity contribution in [2.75, 3.05) is 26.4 Å². The van der Waals surface area contributed by atoms with Crippen LogP contribution in [0.15, 0.2) is 0 Å². The van der Waals surface area contributed by atoms with E-state index >= 15 is 0 Å². The van der Waals surface area contributed by atoms with Crippen LogP contribution in [0.2, 0.25) is 0 Å². The summed E-state index contributed by atoms with van der Waals surface area (Å²) in [6.45, 7) is 2.92. The second kappa shape index (κ2) is 32.4. The van der Waals surface area contributed by atoms with E-state index < -0.39 is 55.6 Å². The molecular weight excluding hydrogens is 720 g/mol. The van der Waals surface area contributed by atoms with Crippen LogP contribution in [0.1, 0.15) is 180 Å². The maximum atomic E-state index is 13.0. The molecule has 2 rings (SSSR count). The lowest BCUT2D eigenvalue weighted by atomic mass is 9.98. The Bertz CT molecular complexity index is 972. The predicted molar refractivity (Wildman–Crippen MR) is 217 cm³/mol. The molecule has 0 aromatic carbocycles. The summed E-state index contributed by atoms with van der Waals surface area (Å²) in [7, 11) is 0. The van der Waals surface area contributed by atoms with Gasteiger partial charge in [-0.2, -0.15) is 0 Å². The van der Waals surface area contributed by atoms with Gasteiger partial charge in [0.05, 0.1) is 38.1 Å². The largest absolute Gasteiger partial charge is 0.394 e. The second-order valence-corrected chi connectivity index (χ2v) is 16.4. The zero-order chi connectivity index (χ0) is 40.8. The van der Waals surface area contributed by atoms with Crippen LogP contribution in [0.4, 0.5) is 0 Å². The lowest BCUT2D eigenvalue weighted by molar-refractivity contribution is -0.303. The standard InChI is InChI=1S/C43H82N2O11/c1-2-3-4-5-6-7-8-9-11-14-17-20-26-35(47)39(50)34(32-55-43-42(53)41(52)40(51)36(30-46)56-43)45-38(49)28-21-18-15-12-10-13-16-19-24-29-44-37(48)27-23-22-25-33-31-54-33/h33-36,39-43,46-47,50-53H,2-32H2,1H3,(H,44,48)(H,45,49)/t33?,34?,35?,36-,39?,40+,41+,42-,43+/m1/s1. The van der Waals surface area contributed by atoms with Crippen molar-refractivity contribution in [2.24, 2.45) is 0 Å². The van der Waals surface area contributed by atoms with Crippen LogP contribution in [0.3, 0.4) is 0 Å². The minimum absolute atomic E-state index is 0.145. The highest BCUT2D eigenvalue weighted by Gasteiger charge is 2.44. The topological polar surface area (TPSA) is 211 Å². The van der Waals surface area contributed by atoms with Crippen molar-refractivity contribution < 1.29 is 54.4 Å². The van der Waals surface area contributed by atoms with E-state index in [1.54, 1.807) is 0 Å². The van der Waals surface area contributed by atoms with Crippen LogP contribution in [0, 0.1) is 0 Å². The molecule has 0 bridgehead atoms. The van der Waals surface area contributed by atoms with Crippen LogP contribution >= 0.6 is 0 Å². The third kappa shape index (κ3) is 23.9. The van der Waals surface area contributed by atoms with E-state index in [-0.39, 0.29) is 24.8 Å². The molecule has 2 heterocycles. The van der Waals surface area contributed by atoms with Crippen LogP contribution < -0.4 is 10.6 Å². The first-order valence-electron chi connectivity index (χ1n) is 22.6. The molecule has 2 aliphatic heterocycles. The van der Waals surface area contributed by atoms with Gasteiger partial charge in [-0.25, -0.2) is 0 Å². The second-order valence-electron chi connectivity index (χ2n) is 16.4. The van der Waals surface area contributed by atoms with Gasteiger partial charge in [0.1, 0.15) is 30.5 Å². The number of hydrogen-bond acceptors (Lipinski definition) is 11. The lowest BCUT2D eigenvalue weighted by Gasteiger charge is -2.40. The number of amides is 2. The van der Waals surface area contributed by atoms with E-state index in [0.717, 1.165) is 109 Å². The van der Waals surface area contributed by atoms with Gasteiger partial charge in [-0.05, 0) is 32.1 Å². The van der Waals surface area contributed by atoms with Gasteiger partial charge in [0.2, 0.25) is 11.8 Å². The Hall–Kier alpha value is -1.42. The molecule has 9 atom stereocenters.